The van der Waals surface area contributed by atoms with Gasteiger partial charge in [-0.25, -0.2) is 8.42 Å². The van der Waals surface area contributed by atoms with Gasteiger partial charge in [-0.1, -0.05) is 17.7 Å². The summed E-state index contributed by atoms with van der Waals surface area (Å²) < 4.78 is 29.8. The Labute approximate surface area is 178 Å². The Bertz CT molecular complexity index is 984. The van der Waals surface area contributed by atoms with Crippen LogP contribution in [0.25, 0.3) is 0 Å². The van der Waals surface area contributed by atoms with Crippen molar-refractivity contribution in [2.24, 2.45) is 5.92 Å². The van der Waals surface area contributed by atoms with Crippen LogP contribution in [0.5, 0.6) is 0 Å². The van der Waals surface area contributed by atoms with Crippen LogP contribution in [0.1, 0.15) is 42.3 Å². The molecule has 1 aliphatic heterocycles. The smallest absolute Gasteiger partial charge is 0.243 e. The van der Waals surface area contributed by atoms with Gasteiger partial charge in [-0.3, -0.25) is 4.79 Å². The Morgan fingerprint density at radius 1 is 1.17 bits per heavy atom. The van der Waals surface area contributed by atoms with Crippen molar-refractivity contribution < 1.29 is 13.2 Å². The number of nitrogens with zero attached hydrogens (tertiary/aromatic N) is 4. The number of aromatic nitrogens is 3. The summed E-state index contributed by atoms with van der Waals surface area (Å²) in [6.45, 7) is 9.67. The maximum Gasteiger partial charge on any atom is 0.243 e. The quantitative estimate of drug-likeness (QED) is 0.720. The molecule has 2 aromatic rings. The molecule has 0 unspecified atom stereocenters. The van der Waals surface area contributed by atoms with Crippen molar-refractivity contribution in [3.8, 4) is 0 Å². The lowest BCUT2D eigenvalue weighted by molar-refractivity contribution is -0.126. The molecule has 0 aliphatic carbocycles. The molecule has 0 atom stereocenters. The monoisotopic (exact) mass is 433 g/mol. The number of aryl methyl sites for hydroxylation is 4. The Morgan fingerprint density at radius 2 is 1.80 bits per heavy atom. The lowest BCUT2D eigenvalue weighted by Crippen LogP contribution is -2.43. The number of hydrogen-bond donors (Lipinski definition) is 1. The Morgan fingerprint density at radius 3 is 2.40 bits per heavy atom. The standard InChI is InChI=1S/C21H31N5O3S/c1-5-25-14-23-24-19(25)6-9-22-21(27)18-7-10-26(11-8-18)30(28,29)20-16(3)12-15(2)13-17(20)4/h12-14,18H,5-11H2,1-4H3,(H,22,27). The zero-order valence-electron chi connectivity index (χ0n) is 18.2. The summed E-state index contributed by atoms with van der Waals surface area (Å²) in [6.07, 6.45) is 3.36. The van der Waals surface area contributed by atoms with E-state index in [1.165, 1.54) is 4.31 Å². The van der Waals surface area contributed by atoms with Crippen molar-refractivity contribution in [1.82, 2.24) is 24.4 Å². The molecule has 1 fully saturated rings. The van der Waals surface area contributed by atoms with Crippen LogP contribution in [-0.2, 0) is 27.8 Å². The molecule has 1 amide bonds. The van der Waals surface area contributed by atoms with Crippen molar-refractivity contribution in [1.29, 1.82) is 0 Å². The summed E-state index contributed by atoms with van der Waals surface area (Å²) in [4.78, 5) is 12.9. The van der Waals surface area contributed by atoms with Crippen molar-refractivity contribution in [3.05, 3.63) is 41.0 Å². The van der Waals surface area contributed by atoms with E-state index in [9.17, 15) is 13.2 Å². The summed E-state index contributed by atoms with van der Waals surface area (Å²) in [7, 11) is -3.56. The topological polar surface area (TPSA) is 97.2 Å². The number of benzene rings is 1. The maximum atomic E-state index is 13.2. The molecule has 2 heterocycles. The normalized spacial score (nSPS) is 16.0. The van der Waals surface area contributed by atoms with E-state index in [0.29, 0.717) is 43.8 Å². The third-order valence-corrected chi connectivity index (χ3v) is 7.92. The maximum absolute atomic E-state index is 13.2. The second-order valence-corrected chi connectivity index (χ2v) is 9.86. The zero-order valence-corrected chi connectivity index (χ0v) is 19.0. The van der Waals surface area contributed by atoms with Gasteiger partial charge in [-0.2, -0.15) is 4.31 Å². The van der Waals surface area contributed by atoms with E-state index in [2.05, 4.69) is 15.5 Å². The van der Waals surface area contributed by atoms with E-state index in [4.69, 9.17) is 0 Å². The second kappa shape index (κ2) is 9.26. The molecule has 9 heteroatoms. The van der Waals surface area contributed by atoms with Crippen molar-refractivity contribution in [3.63, 3.8) is 0 Å². The molecule has 1 aromatic carbocycles. The predicted octanol–water partition coefficient (Wildman–Crippen LogP) is 1.98. The SMILES string of the molecule is CCn1cnnc1CCNC(=O)C1CCN(S(=O)(=O)c2c(C)cc(C)cc2C)CC1. The fourth-order valence-corrected chi connectivity index (χ4v) is 6.12. The van der Waals surface area contributed by atoms with Gasteiger partial charge in [0.15, 0.2) is 0 Å². The number of hydrogen-bond acceptors (Lipinski definition) is 5. The highest BCUT2D eigenvalue weighted by atomic mass is 32.2. The minimum atomic E-state index is -3.56. The molecule has 3 rings (SSSR count). The van der Waals surface area contributed by atoms with Gasteiger partial charge in [0, 0.05) is 38.5 Å². The average Bonchev–Trinajstić information content (AvgIpc) is 3.14. The predicted molar refractivity (Wildman–Crippen MR) is 115 cm³/mol. The zero-order chi connectivity index (χ0) is 21.9. The molecule has 0 bridgehead atoms. The number of rotatable bonds is 7. The number of amides is 1. The van der Waals surface area contributed by atoms with E-state index in [-0.39, 0.29) is 11.8 Å². The van der Waals surface area contributed by atoms with E-state index < -0.39 is 10.0 Å². The summed E-state index contributed by atoms with van der Waals surface area (Å²) in [5.74, 6) is 0.667. The van der Waals surface area contributed by atoms with Gasteiger partial charge in [0.05, 0.1) is 4.90 Å². The minimum absolute atomic E-state index is 0.0164. The molecule has 164 valence electrons. The van der Waals surface area contributed by atoms with E-state index in [1.807, 2.05) is 44.4 Å². The second-order valence-electron chi connectivity index (χ2n) is 7.98. The number of carbonyl (C=O) groups excluding carboxylic acids is 1. The molecule has 1 N–H and O–H groups in total. The lowest BCUT2D eigenvalue weighted by Gasteiger charge is -2.31. The van der Waals surface area contributed by atoms with Crippen molar-refractivity contribution in [2.75, 3.05) is 19.6 Å². The van der Waals surface area contributed by atoms with E-state index in [1.54, 1.807) is 6.33 Å². The first kappa shape index (κ1) is 22.4. The van der Waals surface area contributed by atoms with Gasteiger partial charge >= 0.3 is 0 Å². The van der Waals surface area contributed by atoms with Crippen LogP contribution in [0.3, 0.4) is 0 Å². The van der Waals surface area contributed by atoms with Crippen LogP contribution in [0.2, 0.25) is 0 Å². The van der Waals surface area contributed by atoms with Gasteiger partial charge in [0.1, 0.15) is 12.2 Å². The minimum Gasteiger partial charge on any atom is -0.355 e. The fourth-order valence-electron chi connectivity index (χ4n) is 4.24. The van der Waals surface area contributed by atoms with E-state index >= 15 is 0 Å². The molecule has 1 aromatic heterocycles. The first-order chi connectivity index (χ1) is 14.2. The number of nitrogens with one attached hydrogen (secondary N) is 1. The highest BCUT2D eigenvalue weighted by Crippen LogP contribution is 2.28. The van der Waals surface area contributed by atoms with Gasteiger partial charge in [-0.15, -0.1) is 10.2 Å². The highest BCUT2D eigenvalue weighted by Gasteiger charge is 2.33. The largest absolute Gasteiger partial charge is 0.355 e. The third-order valence-electron chi connectivity index (χ3n) is 5.71. The van der Waals surface area contributed by atoms with Crippen LogP contribution in [0.15, 0.2) is 23.4 Å². The van der Waals surface area contributed by atoms with Crippen LogP contribution in [0, 0.1) is 26.7 Å². The van der Waals surface area contributed by atoms with Crippen molar-refractivity contribution in [2.45, 2.75) is 58.4 Å². The van der Waals surface area contributed by atoms with E-state index in [0.717, 1.165) is 29.1 Å². The van der Waals surface area contributed by atoms with Crippen molar-refractivity contribution >= 4 is 15.9 Å². The molecule has 1 aliphatic rings. The highest BCUT2D eigenvalue weighted by molar-refractivity contribution is 7.89. The van der Waals surface area contributed by atoms with Gasteiger partial charge in [0.2, 0.25) is 15.9 Å². The molecule has 8 nitrogen and oxygen atoms in total. The Kier molecular flexibility index (Phi) is 6.92. The molecular formula is C21H31N5O3S. The number of sulfonamides is 1. The Balaban J connectivity index is 1.56. The molecule has 0 radical (unpaired) electrons. The first-order valence-electron chi connectivity index (χ1n) is 10.5. The number of piperidine rings is 1. The van der Waals surface area contributed by atoms with Crippen LogP contribution >= 0.6 is 0 Å². The van der Waals surface area contributed by atoms with Gasteiger partial charge < -0.3 is 9.88 Å². The third kappa shape index (κ3) is 4.73. The van der Waals surface area contributed by atoms with Crippen LogP contribution in [-0.4, -0.2) is 53.0 Å². The summed E-state index contributed by atoms with van der Waals surface area (Å²) >= 11 is 0. The molecule has 0 saturated carbocycles. The van der Waals surface area contributed by atoms with Gasteiger partial charge in [-0.05, 0) is 51.7 Å². The average molecular weight is 434 g/mol. The molecule has 30 heavy (non-hydrogen) atoms. The number of carbonyl (C=O) groups is 1. The molecular weight excluding hydrogens is 402 g/mol. The fraction of sp³-hybridized carbons (Fsp3) is 0.571. The molecule has 1 saturated heterocycles. The summed E-state index contributed by atoms with van der Waals surface area (Å²) in [5.41, 5.74) is 2.59. The summed E-state index contributed by atoms with van der Waals surface area (Å²) in [5, 5.41) is 10.9. The first-order valence-corrected chi connectivity index (χ1v) is 11.9. The van der Waals surface area contributed by atoms with Crippen LogP contribution in [0.4, 0.5) is 0 Å². The van der Waals surface area contributed by atoms with Crippen LogP contribution < -0.4 is 5.32 Å². The summed E-state index contributed by atoms with van der Waals surface area (Å²) in [6, 6.07) is 3.80. The van der Waals surface area contributed by atoms with Gasteiger partial charge in [0.25, 0.3) is 0 Å². The Hall–Kier alpha value is -2.26. The molecule has 0 spiro atoms. The lowest BCUT2D eigenvalue weighted by atomic mass is 9.97.